The summed E-state index contributed by atoms with van der Waals surface area (Å²) in [6.07, 6.45) is 11.9. The molecule has 1 N–H and O–H groups in total. The Hall–Kier alpha value is -0.870. The summed E-state index contributed by atoms with van der Waals surface area (Å²) >= 11 is 0. The average Bonchev–Trinajstić information content (AvgIpc) is 3.06. The van der Waals surface area contributed by atoms with Crippen LogP contribution in [-0.2, 0) is 4.74 Å². The summed E-state index contributed by atoms with van der Waals surface area (Å²) in [6, 6.07) is 1.55. The molecule has 0 radical (unpaired) electrons. The van der Waals surface area contributed by atoms with Crippen molar-refractivity contribution in [2.75, 3.05) is 7.11 Å². The van der Waals surface area contributed by atoms with Gasteiger partial charge in [-0.25, -0.2) is 4.98 Å². The van der Waals surface area contributed by atoms with Gasteiger partial charge in [0, 0.05) is 25.4 Å². The van der Waals surface area contributed by atoms with Gasteiger partial charge < -0.3 is 14.6 Å². The summed E-state index contributed by atoms with van der Waals surface area (Å²) in [4.78, 5) is 4.40. The zero-order valence-corrected chi connectivity index (χ0v) is 12.0. The van der Waals surface area contributed by atoms with E-state index < -0.39 is 0 Å². The standard InChI is InChI=1S/C15H25N3O/c1-11-5-3-6-12(17-11)14-9-16-10-18(14)13-7-4-8-15(13)19-2/h9-13,15,17H,3-8H2,1-2H3. The van der Waals surface area contributed by atoms with E-state index in [1.165, 1.54) is 44.2 Å². The number of nitrogens with zero attached hydrogens (tertiary/aromatic N) is 2. The maximum Gasteiger partial charge on any atom is 0.0952 e. The Morgan fingerprint density at radius 1 is 1.26 bits per heavy atom. The molecule has 1 aromatic rings. The second kappa shape index (κ2) is 5.63. The number of ether oxygens (including phenoxy) is 1. The summed E-state index contributed by atoms with van der Waals surface area (Å²) in [5.41, 5.74) is 1.35. The number of hydrogen-bond acceptors (Lipinski definition) is 3. The minimum absolute atomic E-state index is 0.356. The SMILES string of the molecule is COC1CCCC1n1cncc1C1CCCC(C)N1. The normalized spacial score (nSPS) is 35.7. The topological polar surface area (TPSA) is 39.1 Å². The monoisotopic (exact) mass is 263 g/mol. The number of aromatic nitrogens is 2. The Kier molecular flexibility index (Phi) is 3.89. The molecule has 0 spiro atoms. The third-order valence-electron chi connectivity index (χ3n) is 4.75. The lowest BCUT2D eigenvalue weighted by atomic mass is 9.97. The van der Waals surface area contributed by atoms with Crippen LogP contribution in [0.15, 0.2) is 12.5 Å². The van der Waals surface area contributed by atoms with Crippen molar-refractivity contribution in [3.8, 4) is 0 Å². The summed E-state index contributed by atoms with van der Waals surface area (Å²) in [6.45, 7) is 2.28. The number of piperidine rings is 1. The van der Waals surface area contributed by atoms with Crippen molar-refractivity contribution in [3.63, 3.8) is 0 Å². The zero-order chi connectivity index (χ0) is 13.2. The lowest BCUT2D eigenvalue weighted by Gasteiger charge is -2.31. The molecule has 2 fully saturated rings. The Bertz CT molecular complexity index is 417. The Balaban J connectivity index is 1.81. The lowest BCUT2D eigenvalue weighted by Crippen LogP contribution is -2.36. The molecular weight excluding hydrogens is 238 g/mol. The highest BCUT2D eigenvalue weighted by atomic mass is 16.5. The van der Waals surface area contributed by atoms with E-state index in [0.29, 0.717) is 24.2 Å². The van der Waals surface area contributed by atoms with Gasteiger partial charge in [-0.15, -0.1) is 0 Å². The van der Waals surface area contributed by atoms with E-state index in [1.54, 1.807) is 0 Å². The van der Waals surface area contributed by atoms with E-state index >= 15 is 0 Å². The number of hydrogen-bond donors (Lipinski definition) is 1. The first kappa shape index (κ1) is 13.1. The molecule has 1 aromatic heterocycles. The first-order valence-corrected chi connectivity index (χ1v) is 7.60. The van der Waals surface area contributed by atoms with Crippen LogP contribution in [0, 0.1) is 0 Å². The van der Waals surface area contributed by atoms with Gasteiger partial charge in [0.15, 0.2) is 0 Å². The average molecular weight is 263 g/mol. The molecule has 0 bridgehead atoms. The van der Waals surface area contributed by atoms with Gasteiger partial charge >= 0.3 is 0 Å². The second-order valence-corrected chi connectivity index (χ2v) is 6.05. The van der Waals surface area contributed by atoms with E-state index in [1.807, 2.05) is 19.6 Å². The molecule has 0 amide bonds. The van der Waals surface area contributed by atoms with Gasteiger partial charge in [0.1, 0.15) is 0 Å². The second-order valence-electron chi connectivity index (χ2n) is 6.05. The highest BCUT2D eigenvalue weighted by molar-refractivity contribution is 5.10. The van der Waals surface area contributed by atoms with E-state index in [2.05, 4.69) is 21.8 Å². The molecule has 106 valence electrons. The van der Waals surface area contributed by atoms with Gasteiger partial charge in [-0.2, -0.15) is 0 Å². The highest BCUT2D eigenvalue weighted by Crippen LogP contribution is 2.35. The minimum atomic E-state index is 0.356. The molecule has 1 aliphatic heterocycles. The number of methoxy groups -OCH3 is 1. The van der Waals surface area contributed by atoms with Crippen molar-refractivity contribution in [2.24, 2.45) is 0 Å². The van der Waals surface area contributed by atoms with Crippen molar-refractivity contribution < 1.29 is 4.74 Å². The smallest absolute Gasteiger partial charge is 0.0952 e. The van der Waals surface area contributed by atoms with Crippen LogP contribution in [0.4, 0.5) is 0 Å². The van der Waals surface area contributed by atoms with Gasteiger partial charge in [0.2, 0.25) is 0 Å². The van der Waals surface area contributed by atoms with E-state index in [4.69, 9.17) is 4.74 Å². The van der Waals surface area contributed by atoms with Crippen LogP contribution in [0.2, 0.25) is 0 Å². The number of rotatable bonds is 3. The van der Waals surface area contributed by atoms with Gasteiger partial charge in [-0.3, -0.25) is 0 Å². The molecule has 4 nitrogen and oxygen atoms in total. The van der Waals surface area contributed by atoms with Gasteiger partial charge in [-0.1, -0.05) is 0 Å². The lowest BCUT2D eigenvalue weighted by molar-refractivity contribution is 0.0732. The zero-order valence-electron chi connectivity index (χ0n) is 12.0. The fourth-order valence-electron chi connectivity index (χ4n) is 3.73. The molecule has 1 aliphatic carbocycles. The molecule has 4 unspecified atom stereocenters. The number of imidazole rings is 1. The van der Waals surface area contributed by atoms with Crippen LogP contribution in [0.25, 0.3) is 0 Å². The minimum Gasteiger partial charge on any atom is -0.379 e. The van der Waals surface area contributed by atoms with Gasteiger partial charge in [0.25, 0.3) is 0 Å². The molecular formula is C15H25N3O. The van der Waals surface area contributed by atoms with Crippen molar-refractivity contribution in [1.82, 2.24) is 14.9 Å². The highest BCUT2D eigenvalue weighted by Gasteiger charge is 2.32. The Morgan fingerprint density at radius 2 is 2.11 bits per heavy atom. The third-order valence-corrected chi connectivity index (χ3v) is 4.75. The molecule has 2 aliphatic rings. The molecule has 2 heterocycles. The molecule has 4 atom stereocenters. The Morgan fingerprint density at radius 3 is 2.89 bits per heavy atom. The van der Waals surface area contributed by atoms with Crippen LogP contribution in [0.3, 0.4) is 0 Å². The molecule has 1 saturated carbocycles. The first-order chi connectivity index (χ1) is 9.29. The quantitative estimate of drug-likeness (QED) is 0.911. The van der Waals surface area contributed by atoms with Crippen molar-refractivity contribution in [1.29, 1.82) is 0 Å². The predicted molar refractivity (Wildman–Crippen MR) is 75.1 cm³/mol. The van der Waals surface area contributed by atoms with Crippen LogP contribution >= 0.6 is 0 Å². The molecule has 3 rings (SSSR count). The maximum absolute atomic E-state index is 5.64. The number of nitrogens with one attached hydrogen (secondary N) is 1. The summed E-state index contributed by atoms with van der Waals surface area (Å²) < 4.78 is 8.01. The summed E-state index contributed by atoms with van der Waals surface area (Å²) in [5.74, 6) is 0. The predicted octanol–water partition coefficient (Wildman–Crippen LogP) is 2.83. The van der Waals surface area contributed by atoms with Crippen molar-refractivity contribution >= 4 is 0 Å². The molecule has 4 heteroatoms. The van der Waals surface area contributed by atoms with Crippen molar-refractivity contribution in [2.45, 2.75) is 69.7 Å². The fourth-order valence-corrected chi connectivity index (χ4v) is 3.73. The van der Waals surface area contributed by atoms with Crippen molar-refractivity contribution in [3.05, 3.63) is 18.2 Å². The van der Waals surface area contributed by atoms with Crippen LogP contribution in [0.1, 0.15) is 63.2 Å². The van der Waals surface area contributed by atoms with Gasteiger partial charge in [-0.05, 0) is 45.4 Å². The Labute approximate surface area is 115 Å². The van der Waals surface area contributed by atoms with Gasteiger partial charge in [0.05, 0.1) is 24.2 Å². The first-order valence-electron chi connectivity index (χ1n) is 7.60. The van der Waals surface area contributed by atoms with Crippen LogP contribution in [-0.4, -0.2) is 28.8 Å². The molecule has 0 aromatic carbocycles. The summed E-state index contributed by atoms with van der Waals surface area (Å²) in [7, 11) is 1.83. The van der Waals surface area contributed by atoms with Crippen LogP contribution < -0.4 is 5.32 Å². The fraction of sp³-hybridized carbons (Fsp3) is 0.800. The largest absolute Gasteiger partial charge is 0.379 e. The van der Waals surface area contributed by atoms with E-state index in [0.717, 1.165) is 0 Å². The molecule has 19 heavy (non-hydrogen) atoms. The van der Waals surface area contributed by atoms with E-state index in [9.17, 15) is 0 Å². The van der Waals surface area contributed by atoms with Crippen LogP contribution in [0.5, 0.6) is 0 Å². The van der Waals surface area contributed by atoms with E-state index in [-0.39, 0.29) is 0 Å². The summed E-state index contributed by atoms with van der Waals surface area (Å²) in [5, 5.41) is 3.71. The molecule has 1 saturated heterocycles. The third kappa shape index (κ3) is 2.56. The maximum atomic E-state index is 5.64.